The van der Waals surface area contributed by atoms with Crippen molar-refractivity contribution in [1.29, 1.82) is 0 Å². The molecule has 1 aliphatic heterocycles. The molecule has 26 heavy (non-hydrogen) atoms. The molecule has 146 valence electrons. The van der Waals surface area contributed by atoms with Gasteiger partial charge in [0.15, 0.2) is 0 Å². The van der Waals surface area contributed by atoms with E-state index in [-0.39, 0.29) is 18.0 Å². The largest absolute Gasteiger partial charge is 0.490 e. The molecule has 3 rings (SSSR count). The SMILES string of the molecule is CO[C@@H]1CC[C@H]2[C@H]1OCCN2Cc1cccc(F)c1.O=C(O)C(F)(F)F. The molecule has 3 atom stereocenters. The fourth-order valence-electron chi connectivity index (χ4n) is 3.31. The van der Waals surface area contributed by atoms with Crippen LogP contribution in [-0.2, 0) is 20.8 Å². The summed E-state index contributed by atoms with van der Waals surface area (Å²) >= 11 is 0. The summed E-state index contributed by atoms with van der Waals surface area (Å²) in [5.74, 6) is -2.92. The van der Waals surface area contributed by atoms with Crippen LogP contribution in [-0.4, -0.2) is 60.7 Å². The molecule has 0 bridgehead atoms. The molecule has 1 aromatic rings. The van der Waals surface area contributed by atoms with E-state index in [4.69, 9.17) is 19.4 Å². The lowest BCUT2D eigenvalue weighted by Gasteiger charge is -2.38. The van der Waals surface area contributed by atoms with Crippen molar-refractivity contribution >= 4 is 5.97 Å². The highest BCUT2D eigenvalue weighted by atomic mass is 19.4. The van der Waals surface area contributed by atoms with E-state index in [2.05, 4.69) is 4.90 Å². The molecule has 1 saturated carbocycles. The van der Waals surface area contributed by atoms with Gasteiger partial charge in [-0.25, -0.2) is 9.18 Å². The number of morpholine rings is 1. The van der Waals surface area contributed by atoms with Crippen LogP contribution in [0.15, 0.2) is 24.3 Å². The molecular weight excluding hydrogens is 358 g/mol. The number of halogens is 4. The lowest BCUT2D eigenvalue weighted by Crippen LogP contribution is -2.51. The number of carboxylic acid groups (broad SMARTS) is 1. The van der Waals surface area contributed by atoms with Crippen LogP contribution >= 0.6 is 0 Å². The molecule has 0 unspecified atom stereocenters. The van der Waals surface area contributed by atoms with E-state index in [1.54, 1.807) is 19.2 Å². The van der Waals surface area contributed by atoms with Crippen LogP contribution in [0.3, 0.4) is 0 Å². The average molecular weight is 379 g/mol. The molecule has 9 heteroatoms. The first-order valence-corrected chi connectivity index (χ1v) is 8.15. The van der Waals surface area contributed by atoms with Crippen LogP contribution in [0.2, 0.25) is 0 Å². The number of hydrogen-bond acceptors (Lipinski definition) is 4. The number of fused-ring (bicyclic) bond motifs is 1. The van der Waals surface area contributed by atoms with Gasteiger partial charge in [-0.2, -0.15) is 13.2 Å². The molecule has 0 radical (unpaired) electrons. The van der Waals surface area contributed by atoms with Crippen LogP contribution < -0.4 is 0 Å². The normalized spacial score (nSPS) is 26.0. The van der Waals surface area contributed by atoms with Gasteiger partial charge >= 0.3 is 12.1 Å². The van der Waals surface area contributed by atoms with Crippen LogP contribution in [0.5, 0.6) is 0 Å². The second-order valence-corrected chi connectivity index (χ2v) is 6.16. The minimum Gasteiger partial charge on any atom is -0.475 e. The Morgan fingerprint density at radius 3 is 2.65 bits per heavy atom. The van der Waals surface area contributed by atoms with Crippen LogP contribution in [0.4, 0.5) is 17.6 Å². The Balaban J connectivity index is 0.000000298. The van der Waals surface area contributed by atoms with Crippen molar-refractivity contribution in [2.24, 2.45) is 0 Å². The fourth-order valence-corrected chi connectivity index (χ4v) is 3.31. The van der Waals surface area contributed by atoms with Crippen LogP contribution in [0, 0.1) is 5.82 Å². The molecule has 0 amide bonds. The van der Waals surface area contributed by atoms with Crippen molar-refractivity contribution in [3.8, 4) is 0 Å². The number of carbonyl (C=O) groups is 1. The molecule has 2 aliphatic rings. The van der Waals surface area contributed by atoms with E-state index in [0.717, 1.165) is 38.1 Å². The number of alkyl halides is 3. The Morgan fingerprint density at radius 1 is 1.38 bits per heavy atom. The number of methoxy groups -OCH3 is 1. The topological polar surface area (TPSA) is 59.0 Å². The maximum atomic E-state index is 13.2. The first kappa shape index (κ1) is 20.6. The first-order chi connectivity index (χ1) is 12.2. The maximum Gasteiger partial charge on any atom is 0.490 e. The lowest BCUT2D eigenvalue weighted by atomic mass is 10.1. The zero-order valence-corrected chi connectivity index (χ0v) is 14.2. The van der Waals surface area contributed by atoms with Crippen molar-refractivity contribution in [3.63, 3.8) is 0 Å². The van der Waals surface area contributed by atoms with E-state index < -0.39 is 12.1 Å². The molecule has 1 saturated heterocycles. The summed E-state index contributed by atoms with van der Waals surface area (Å²) in [7, 11) is 1.75. The third-order valence-electron chi connectivity index (χ3n) is 4.47. The number of hydrogen-bond donors (Lipinski definition) is 1. The summed E-state index contributed by atoms with van der Waals surface area (Å²) in [6.45, 7) is 2.43. The smallest absolute Gasteiger partial charge is 0.475 e. The van der Waals surface area contributed by atoms with Gasteiger partial charge in [-0.15, -0.1) is 0 Å². The number of ether oxygens (including phenoxy) is 2. The predicted molar refractivity (Wildman–Crippen MR) is 84.1 cm³/mol. The molecule has 5 nitrogen and oxygen atoms in total. The van der Waals surface area contributed by atoms with Crippen LogP contribution in [0.1, 0.15) is 18.4 Å². The number of rotatable bonds is 3. The number of nitrogens with zero attached hydrogens (tertiary/aromatic N) is 1. The number of aliphatic carboxylic acids is 1. The second kappa shape index (κ2) is 8.79. The third kappa shape index (κ3) is 5.39. The Bertz CT molecular complexity index is 611. The van der Waals surface area contributed by atoms with Gasteiger partial charge in [0, 0.05) is 26.2 Å². The Labute approximate surface area is 148 Å². The summed E-state index contributed by atoms with van der Waals surface area (Å²) < 4.78 is 56.3. The van der Waals surface area contributed by atoms with E-state index in [9.17, 15) is 17.6 Å². The summed E-state index contributed by atoms with van der Waals surface area (Å²) in [6, 6.07) is 7.27. The Kier molecular flexibility index (Phi) is 6.96. The molecule has 1 N–H and O–H groups in total. The zero-order valence-electron chi connectivity index (χ0n) is 14.2. The summed E-state index contributed by atoms with van der Waals surface area (Å²) in [5, 5.41) is 7.12. The standard InChI is InChI=1S/C15H20FNO2.C2HF3O2/c1-18-14-6-5-13-15(14)19-8-7-17(13)10-11-3-2-4-12(16)9-11;3-2(4,5)1(6)7/h2-4,9,13-15H,5-8,10H2,1H3;(H,6,7)/t13-,14+,15+;/m0./s1. The van der Waals surface area contributed by atoms with E-state index >= 15 is 0 Å². The number of carboxylic acids is 1. The zero-order chi connectivity index (χ0) is 19.3. The molecule has 0 aromatic heterocycles. The Hall–Kier alpha value is -1.71. The van der Waals surface area contributed by atoms with E-state index in [1.165, 1.54) is 6.07 Å². The molecular formula is C17H21F4NO4. The van der Waals surface area contributed by atoms with E-state index in [1.807, 2.05) is 6.07 Å². The van der Waals surface area contributed by atoms with Crippen molar-refractivity contribution in [3.05, 3.63) is 35.6 Å². The molecule has 0 spiro atoms. The lowest BCUT2D eigenvalue weighted by molar-refractivity contribution is -0.192. The van der Waals surface area contributed by atoms with Crippen molar-refractivity contribution in [2.45, 2.75) is 43.8 Å². The van der Waals surface area contributed by atoms with Crippen molar-refractivity contribution in [1.82, 2.24) is 4.90 Å². The third-order valence-corrected chi connectivity index (χ3v) is 4.47. The fraction of sp³-hybridized carbons (Fsp3) is 0.588. The van der Waals surface area contributed by atoms with Gasteiger partial charge in [-0.1, -0.05) is 12.1 Å². The summed E-state index contributed by atoms with van der Waals surface area (Å²) in [6.07, 6.45) is -2.56. The average Bonchev–Trinajstić information content (AvgIpc) is 2.99. The Morgan fingerprint density at radius 2 is 2.08 bits per heavy atom. The highest BCUT2D eigenvalue weighted by Crippen LogP contribution is 2.32. The van der Waals surface area contributed by atoms with Crippen molar-refractivity contribution in [2.75, 3.05) is 20.3 Å². The molecule has 1 aliphatic carbocycles. The van der Waals surface area contributed by atoms with Gasteiger partial charge in [-0.05, 0) is 30.5 Å². The van der Waals surface area contributed by atoms with E-state index in [0.29, 0.717) is 6.04 Å². The quantitative estimate of drug-likeness (QED) is 0.819. The monoisotopic (exact) mass is 379 g/mol. The van der Waals surface area contributed by atoms with Gasteiger partial charge in [0.25, 0.3) is 0 Å². The highest BCUT2D eigenvalue weighted by molar-refractivity contribution is 5.73. The van der Waals surface area contributed by atoms with Gasteiger partial charge in [-0.3, -0.25) is 4.90 Å². The van der Waals surface area contributed by atoms with Gasteiger partial charge < -0.3 is 14.6 Å². The van der Waals surface area contributed by atoms with Crippen molar-refractivity contribution < 1.29 is 36.9 Å². The second-order valence-electron chi connectivity index (χ2n) is 6.16. The summed E-state index contributed by atoms with van der Waals surface area (Å²) in [5.41, 5.74) is 1.03. The minimum absolute atomic E-state index is 0.163. The minimum atomic E-state index is -5.08. The molecule has 1 heterocycles. The number of benzene rings is 1. The highest BCUT2D eigenvalue weighted by Gasteiger charge is 2.42. The van der Waals surface area contributed by atoms with Gasteiger partial charge in [0.2, 0.25) is 0 Å². The molecule has 1 aromatic carbocycles. The van der Waals surface area contributed by atoms with Crippen LogP contribution in [0.25, 0.3) is 0 Å². The maximum absolute atomic E-state index is 13.2. The van der Waals surface area contributed by atoms with Gasteiger partial charge in [0.05, 0.1) is 18.8 Å². The first-order valence-electron chi connectivity index (χ1n) is 8.15. The summed E-state index contributed by atoms with van der Waals surface area (Å²) in [4.78, 5) is 11.3. The molecule has 2 fully saturated rings. The predicted octanol–water partition coefficient (Wildman–Crippen LogP) is 2.84. The van der Waals surface area contributed by atoms with Gasteiger partial charge in [0.1, 0.15) is 5.82 Å².